The highest BCUT2D eigenvalue weighted by atomic mass is 15.0. The average molecular weight is 1220 g/mol. The molecule has 18 rings (SSSR count). The number of pyridine rings is 2. The Kier molecular flexibility index (Phi) is 13.7. The molecule has 96 heavy (non-hydrogen) atoms. The van der Waals surface area contributed by atoms with E-state index in [-0.39, 0.29) is 0 Å². The lowest BCUT2D eigenvalue weighted by molar-refractivity contribution is 1.07. The van der Waals surface area contributed by atoms with Gasteiger partial charge >= 0.3 is 0 Å². The summed E-state index contributed by atoms with van der Waals surface area (Å²) in [4.78, 5) is 40.8. The van der Waals surface area contributed by atoms with Crippen LogP contribution >= 0.6 is 0 Å². The van der Waals surface area contributed by atoms with Gasteiger partial charge in [0.15, 0.2) is 34.9 Å². The SMILES string of the molecule is c1ccc2cc(-c3nc(-c4ccc(-c5nccc6c(-c7cccc8c(-c9ccc(-c%10nc(-c%11ccc(-c%12cccc%13ccccc%12%13)cc%11)nc(-c%11ccc(-c%12nccc%13ccccc%12%13)cc%11)n%10)cc9)cccc78)cccc56)cc4)nc(-c4ccc5ccccc5c4)n3)ccc2c1. The maximum atomic E-state index is 5.21. The van der Waals surface area contributed by atoms with Crippen LogP contribution in [0.3, 0.4) is 0 Å². The fraction of sp³-hybridized carbons (Fsp3) is 0. The monoisotopic (exact) mass is 1220 g/mol. The topological polar surface area (TPSA) is 103 Å². The molecular formula is C88H54N8. The van der Waals surface area contributed by atoms with E-state index in [0.29, 0.717) is 34.9 Å². The van der Waals surface area contributed by atoms with Gasteiger partial charge in [0, 0.05) is 67.7 Å². The average Bonchev–Trinajstić information content (AvgIpc) is 0.801. The number of fused-ring (bicyclic) bond motifs is 6. The summed E-state index contributed by atoms with van der Waals surface area (Å²) >= 11 is 0. The number of hydrogen-bond donors (Lipinski definition) is 0. The van der Waals surface area contributed by atoms with Crippen molar-refractivity contribution in [2.24, 2.45) is 0 Å². The van der Waals surface area contributed by atoms with Crippen LogP contribution in [0.5, 0.6) is 0 Å². The number of rotatable bonds is 11. The lowest BCUT2D eigenvalue weighted by Gasteiger charge is -2.15. The van der Waals surface area contributed by atoms with Crippen LogP contribution in [0.2, 0.25) is 0 Å². The number of nitrogens with zero attached hydrogens (tertiary/aromatic N) is 8. The highest BCUT2D eigenvalue weighted by molar-refractivity contribution is 6.11. The minimum absolute atomic E-state index is 0.584. The molecule has 0 N–H and O–H groups in total. The van der Waals surface area contributed by atoms with Gasteiger partial charge < -0.3 is 0 Å². The second-order valence-electron chi connectivity index (χ2n) is 24.2. The first-order valence-corrected chi connectivity index (χ1v) is 32.2. The Morgan fingerprint density at radius 1 is 0.156 bits per heavy atom. The van der Waals surface area contributed by atoms with Gasteiger partial charge in [-0.2, -0.15) is 0 Å². The number of benzene rings is 14. The van der Waals surface area contributed by atoms with E-state index in [0.717, 1.165) is 138 Å². The molecule has 0 aliphatic rings. The molecule has 0 unspecified atom stereocenters. The molecule has 0 atom stereocenters. The molecule has 0 aliphatic carbocycles. The van der Waals surface area contributed by atoms with E-state index in [4.69, 9.17) is 39.9 Å². The van der Waals surface area contributed by atoms with Gasteiger partial charge in [0.25, 0.3) is 0 Å². The normalized spacial score (nSPS) is 11.5. The summed E-state index contributed by atoms with van der Waals surface area (Å²) in [6.45, 7) is 0. The van der Waals surface area contributed by atoms with Gasteiger partial charge in [0.1, 0.15) is 0 Å². The maximum Gasteiger partial charge on any atom is 0.164 e. The van der Waals surface area contributed by atoms with Crippen molar-refractivity contribution in [3.8, 4) is 124 Å². The van der Waals surface area contributed by atoms with Crippen LogP contribution in [0.15, 0.2) is 328 Å². The Hall–Kier alpha value is -13.0. The summed E-state index contributed by atoms with van der Waals surface area (Å²) in [5, 5.41) is 13.7. The van der Waals surface area contributed by atoms with Crippen molar-refractivity contribution in [2.45, 2.75) is 0 Å². The van der Waals surface area contributed by atoms with Gasteiger partial charge in [-0.3, -0.25) is 9.97 Å². The van der Waals surface area contributed by atoms with Crippen molar-refractivity contribution in [2.75, 3.05) is 0 Å². The third-order valence-corrected chi connectivity index (χ3v) is 18.5. The van der Waals surface area contributed by atoms with Gasteiger partial charge in [-0.1, -0.05) is 291 Å². The van der Waals surface area contributed by atoms with Crippen LogP contribution in [0.25, 0.3) is 189 Å². The molecule has 0 amide bonds. The molecule has 0 aliphatic heterocycles. The summed E-state index contributed by atoms with van der Waals surface area (Å²) in [5.41, 5.74) is 16.0. The molecule has 8 heteroatoms. The lowest BCUT2D eigenvalue weighted by atomic mass is 9.90. The van der Waals surface area contributed by atoms with Crippen LogP contribution in [0, 0.1) is 0 Å². The van der Waals surface area contributed by atoms with Crippen LogP contribution in [0.1, 0.15) is 0 Å². The third-order valence-electron chi connectivity index (χ3n) is 18.5. The molecule has 0 saturated carbocycles. The Balaban J connectivity index is 0.669. The van der Waals surface area contributed by atoms with Gasteiger partial charge in [0.2, 0.25) is 0 Å². The molecule has 0 fully saturated rings. The predicted molar refractivity (Wildman–Crippen MR) is 394 cm³/mol. The molecule has 4 aromatic heterocycles. The zero-order valence-electron chi connectivity index (χ0n) is 51.8. The number of hydrogen-bond acceptors (Lipinski definition) is 8. The summed E-state index contributed by atoms with van der Waals surface area (Å²) in [7, 11) is 0. The summed E-state index contributed by atoms with van der Waals surface area (Å²) in [6, 6.07) is 111. The van der Waals surface area contributed by atoms with E-state index in [1.165, 1.54) is 16.3 Å². The fourth-order valence-electron chi connectivity index (χ4n) is 13.6. The molecule has 4 heterocycles. The molecule has 0 radical (unpaired) electrons. The van der Waals surface area contributed by atoms with Crippen LogP contribution in [-0.2, 0) is 0 Å². The first-order chi connectivity index (χ1) is 47.5. The molecule has 0 bridgehead atoms. The molecule has 14 aromatic carbocycles. The molecule has 0 saturated heterocycles. The van der Waals surface area contributed by atoms with E-state index in [1.807, 2.05) is 18.5 Å². The minimum atomic E-state index is 0.584. The van der Waals surface area contributed by atoms with Crippen molar-refractivity contribution in [3.63, 3.8) is 0 Å². The van der Waals surface area contributed by atoms with E-state index in [1.54, 1.807) is 0 Å². The highest BCUT2D eigenvalue weighted by Crippen LogP contribution is 2.41. The Morgan fingerprint density at radius 2 is 0.448 bits per heavy atom. The van der Waals surface area contributed by atoms with Crippen molar-refractivity contribution in [1.82, 2.24) is 39.9 Å². The zero-order valence-corrected chi connectivity index (χ0v) is 51.8. The van der Waals surface area contributed by atoms with E-state index < -0.39 is 0 Å². The third kappa shape index (κ3) is 10.2. The molecule has 8 nitrogen and oxygen atoms in total. The van der Waals surface area contributed by atoms with Gasteiger partial charge in [-0.25, -0.2) is 29.9 Å². The van der Waals surface area contributed by atoms with E-state index in [9.17, 15) is 0 Å². The molecular weight excluding hydrogens is 1170 g/mol. The first-order valence-electron chi connectivity index (χ1n) is 32.2. The maximum absolute atomic E-state index is 5.21. The van der Waals surface area contributed by atoms with E-state index in [2.05, 4.69) is 309 Å². The Morgan fingerprint density at radius 3 is 0.938 bits per heavy atom. The standard InChI is InChI=1S/C88H54N8/c1-3-17-67-53-69(47-29-55(67)13-1)87-94-86(95-88(96-87)70-48-30-56-14-2-4-18-68(56)54-70)66-45-37-62(38-46-66)82-80-28-12-27-78(79(80)50-52-90-82)77-26-11-24-75-73(23-10-25-76(75)77)60-33-41-64(42-34-60)84-91-83(63-39-31-59(32-40-63)72-22-9-19-57-15-5-7-20-71(57)72)92-85(93-84)65-43-35-61(36-44-65)81-74-21-8-6-16-58(74)49-51-89-81/h1-54H. The van der Waals surface area contributed by atoms with Gasteiger partial charge in [0.05, 0.1) is 11.4 Å². The number of aromatic nitrogens is 8. The Labute approximate surface area is 553 Å². The second kappa shape index (κ2) is 23.6. The van der Waals surface area contributed by atoms with Crippen LogP contribution in [-0.4, -0.2) is 39.9 Å². The quantitative estimate of drug-likeness (QED) is 0.126. The van der Waals surface area contributed by atoms with Crippen molar-refractivity contribution in [3.05, 3.63) is 328 Å². The van der Waals surface area contributed by atoms with Crippen LogP contribution in [0.4, 0.5) is 0 Å². The fourth-order valence-corrected chi connectivity index (χ4v) is 13.6. The predicted octanol–water partition coefficient (Wildman–Crippen LogP) is 22.1. The van der Waals surface area contributed by atoms with Crippen molar-refractivity contribution in [1.29, 1.82) is 0 Å². The molecule has 446 valence electrons. The van der Waals surface area contributed by atoms with Gasteiger partial charge in [-0.15, -0.1) is 0 Å². The first kappa shape index (κ1) is 55.8. The summed E-state index contributed by atoms with van der Waals surface area (Å²) in [6.07, 6.45) is 3.80. The largest absolute Gasteiger partial charge is 0.256 e. The Bertz CT molecular complexity index is 5820. The smallest absolute Gasteiger partial charge is 0.164 e. The van der Waals surface area contributed by atoms with E-state index >= 15 is 0 Å². The molecule has 18 aromatic rings. The summed E-state index contributed by atoms with van der Waals surface area (Å²) < 4.78 is 0. The lowest BCUT2D eigenvalue weighted by Crippen LogP contribution is -2.00. The van der Waals surface area contributed by atoms with Crippen molar-refractivity contribution < 1.29 is 0 Å². The van der Waals surface area contributed by atoms with Crippen LogP contribution < -0.4 is 0 Å². The summed E-state index contributed by atoms with van der Waals surface area (Å²) in [5.74, 6) is 3.59. The highest BCUT2D eigenvalue weighted by Gasteiger charge is 2.19. The zero-order chi connectivity index (χ0) is 63.5. The van der Waals surface area contributed by atoms with Gasteiger partial charge in [-0.05, 0) is 112 Å². The van der Waals surface area contributed by atoms with Crippen molar-refractivity contribution >= 4 is 64.6 Å². The molecule has 0 spiro atoms. The minimum Gasteiger partial charge on any atom is -0.256 e. The second-order valence-corrected chi connectivity index (χ2v) is 24.2.